The van der Waals surface area contributed by atoms with Gasteiger partial charge in [-0.2, -0.15) is 0 Å². The van der Waals surface area contributed by atoms with E-state index in [4.69, 9.17) is 4.43 Å². The molecule has 1 saturated heterocycles. The predicted molar refractivity (Wildman–Crippen MR) is 131 cm³/mol. The largest absolute Gasteiger partial charge is 0.515 e. The minimum absolute atomic E-state index is 0.190. The van der Waals surface area contributed by atoms with Crippen LogP contribution in [0.1, 0.15) is 5.56 Å². The van der Waals surface area contributed by atoms with Crippen LogP contribution in [-0.2, 0) is 32.3 Å². The first kappa shape index (κ1) is 24.5. The van der Waals surface area contributed by atoms with Crippen LogP contribution in [0.4, 0.5) is 0 Å². The quantitative estimate of drug-likeness (QED) is 0.315. The van der Waals surface area contributed by atoms with Crippen molar-refractivity contribution in [2.75, 3.05) is 11.5 Å². The van der Waals surface area contributed by atoms with Gasteiger partial charge < -0.3 is 9.74 Å². The summed E-state index contributed by atoms with van der Waals surface area (Å²) in [5, 5.41) is 14.5. The number of rotatable bonds is 8. The maximum Gasteiger partial charge on any atom is 0.341 e. The number of aromatic nitrogens is 4. The number of hydrogen-bond acceptors (Lipinski definition) is 9. The molecule has 34 heavy (non-hydrogen) atoms. The fourth-order valence-corrected chi connectivity index (χ4v) is 6.60. The Bertz CT molecular complexity index is 1130. The van der Waals surface area contributed by atoms with E-state index in [2.05, 4.69) is 20.8 Å². The summed E-state index contributed by atoms with van der Waals surface area (Å²) < 4.78 is 7.31. The van der Waals surface area contributed by atoms with Gasteiger partial charge >= 0.3 is 5.97 Å². The van der Waals surface area contributed by atoms with E-state index in [1.807, 2.05) is 50.0 Å². The topological polar surface area (TPSA) is 119 Å². The van der Waals surface area contributed by atoms with Crippen molar-refractivity contribution in [3.63, 3.8) is 0 Å². The monoisotopic (exact) mass is 518 g/mol. The molecular formula is C21H26N6O4S2Si. The van der Waals surface area contributed by atoms with Crippen LogP contribution < -0.4 is 5.32 Å². The first-order chi connectivity index (χ1) is 16.1. The number of β-lactam (4-membered cyclic amide) rings is 1. The predicted octanol–water partition coefficient (Wildman–Crippen LogP) is 1.58. The SMILES string of the molecule is Cn1nnnc1SCC1=C(C(=O)O[Si](C)(C)C)N2C(=O)[C@@H](NC(=O)Cc3ccccc3)[C@H]2SC1. The molecule has 2 amide bonds. The number of fused-ring (bicyclic) bond motifs is 1. The average molecular weight is 519 g/mol. The molecule has 2 aromatic rings. The van der Waals surface area contributed by atoms with Crippen molar-refractivity contribution in [3.8, 4) is 0 Å². The van der Waals surface area contributed by atoms with Crippen molar-refractivity contribution in [2.45, 2.75) is 42.6 Å². The third kappa shape index (κ3) is 5.36. The normalized spacial score (nSPS) is 20.0. The lowest BCUT2D eigenvalue weighted by Gasteiger charge is -2.50. The maximum absolute atomic E-state index is 13.2. The van der Waals surface area contributed by atoms with E-state index in [1.165, 1.54) is 28.4 Å². The lowest BCUT2D eigenvalue weighted by atomic mass is 10.0. The van der Waals surface area contributed by atoms with Crippen LogP contribution in [0.15, 0.2) is 46.8 Å². The standard InChI is InChI=1S/C21H26N6O4S2Si/c1-26-21(23-24-25-26)33-12-14-11-32-19-16(22-15(28)10-13-8-6-5-7-9-13)18(29)27(19)17(14)20(30)31-34(2,3)4/h5-9,16,19H,10-12H2,1-4H3,(H,22,28)/t16-,19-/m1/s1. The van der Waals surface area contributed by atoms with Gasteiger partial charge in [0.1, 0.15) is 17.1 Å². The second kappa shape index (κ2) is 9.92. The van der Waals surface area contributed by atoms with E-state index in [0.29, 0.717) is 16.7 Å². The number of thioether (sulfide) groups is 2. The number of hydrogen-bond donors (Lipinski definition) is 1. The van der Waals surface area contributed by atoms with Gasteiger partial charge in [-0.15, -0.1) is 16.9 Å². The minimum Gasteiger partial charge on any atom is -0.515 e. The fraction of sp³-hybridized carbons (Fsp3) is 0.429. The van der Waals surface area contributed by atoms with Crippen molar-refractivity contribution in [1.29, 1.82) is 0 Å². The summed E-state index contributed by atoms with van der Waals surface area (Å²) in [5.41, 5.74) is 1.95. The Hall–Kier alpha value is -2.64. The van der Waals surface area contributed by atoms with Crippen LogP contribution in [0, 0.1) is 0 Å². The highest BCUT2D eigenvalue weighted by Crippen LogP contribution is 2.42. The Morgan fingerprint density at radius 1 is 1.26 bits per heavy atom. The van der Waals surface area contributed by atoms with Gasteiger partial charge in [-0.1, -0.05) is 42.1 Å². The van der Waals surface area contributed by atoms with Gasteiger partial charge in [0.05, 0.1) is 6.42 Å². The summed E-state index contributed by atoms with van der Waals surface area (Å²) in [6.07, 6.45) is 0.190. The number of aryl methyl sites for hydroxylation is 1. The average Bonchev–Trinajstić information content (AvgIpc) is 3.19. The van der Waals surface area contributed by atoms with Gasteiger partial charge in [-0.05, 0) is 41.2 Å². The second-order valence-corrected chi connectivity index (χ2v) is 15.4. The van der Waals surface area contributed by atoms with Crippen LogP contribution in [0.5, 0.6) is 0 Å². The Balaban J connectivity index is 1.51. The molecule has 180 valence electrons. The number of amides is 2. The van der Waals surface area contributed by atoms with Crippen molar-refractivity contribution < 1.29 is 18.8 Å². The smallest absolute Gasteiger partial charge is 0.341 e. The van der Waals surface area contributed by atoms with Gasteiger partial charge in [0.2, 0.25) is 19.4 Å². The number of carbonyl (C=O) groups excluding carboxylic acids is 3. The highest BCUT2D eigenvalue weighted by Gasteiger charge is 2.54. The van der Waals surface area contributed by atoms with E-state index < -0.39 is 20.3 Å². The zero-order valence-electron chi connectivity index (χ0n) is 19.3. The zero-order chi connectivity index (χ0) is 24.5. The van der Waals surface area contributed by atoms with E-state index in [-0.39, 0.29) is 29.3 Å². The molecule has 0 aliphatic carbocycles. The number of tetrazole rings is 1. The Morgan fingerprint density at radius 3 is 2.65 bits per heavy atom. The van der Waals surface area contributed by atoms with Gasteiger partial charge in [0.25, 0.3) is 5.91 Å². The molecule has 3 heterocycles. The van der Waals surface area contributed by atoms with Crippen LogP contribution in [0.25, 0.3) is 0 Å². The molecule has 2 aliphatic rings. The van der Waals surface area contributed by atoms with Crippen molar-refractivity contribution in [2.24, 2.45) is 7.05 Å². The molecule has 0 radical (unpaired) electrons. The number of benzene rings is 1. The van der Waals surface area contributed by atoms with Crippen molar-refractivity contribution in [3.05, 3.63) is 47.2 Å². The molecule has 1 fully saturated rings. The molecule has 0 saturated carbocycles. The Labute approximate surface area is 207 Å². The van der Waals surface area contributed by atoms with Gasteiger partial charge in [-0.3, -0.25) is 14.5 Å². The summed E-state index contributed by atoms with van der Waals surface area (Å²) in [6, 6.07) is 8.69. The lowest BCUT2D eigenvalue weighted by Crippen LogP contribution is -2.71. The number of nitrogens with one attached hydrogen (secondary N) is 1. The molecule has 10 nitrogen and oxygen atoms in total. The van der Waals surface area contributed by atoms with E-state index in [1.54, 1.807) is 11.7 Å². The molecule has 4 rings (SSSR count). The van der Waals surface area contributed by atoms with Crippen LogP contribution in [0.3, 0.4) is 0 Å². The summed E-state index contributed by atoms with van der Waals surface area (Å²) in [7, 11) is -0.456. The lowest BCUT2D eigenvalue weighted by molar-refractivity contribution is -0.150. The fourth-order valence-electron chi connectivity index (χ4n) is 3.61. The molecule has 13 heteroatoms. The Morgan fingerprint density at radius 2 is 2.00 bits per heavy atom. The summed E-state index contributed by atoms with van der Waals surface area (Å²) >= 11 is 2.92. The molecular weight excluding hydrogens is 492 g/mol. The molecule has 1 N–H and O–H groups in total. The molecule has 2 aliphatic heterocycles. The minimum atomic E-state index is -2.20. The van der Waals surface area contributed by atoms with Crippen molar-refractivity contribution in [1.82, 2.24) is 30.4 Å². The highest BCUT2D eigenvalue weighted by molar-refractivity contribution is 8.01. The molecule has 0 bridgehead atoms. The maximum atomic E-state index is 13.2. The number of carbonyl (C=O) groups is 3. The van der Waals surface area contributed by atoms with Crippen molar-refractivity contribution >= 4 is 49.6 Å². The summed E-state index contributed by atoms with van der Waals surface area (Å²) in [5.74, 6) is -0.0362. The Kier molecular flexibility index (Phi) is 7.14. The zero-order valence-corrected chi connectivity index (χ0v) is 22.0. The molecule has 1 aromatic carbocycles. The third-order valence-electron chi connectivity index (χ3n) is 5.12. The number of nitrogens with zero attached hydrogens (tertiary/aromatic N) is 5. The van der Waals surface area contributed by atoms with E-state index in [0.717, 1.165) is 11.1 Å². The van der Waals surface area contributed by atoms with Gasteiger partial charge in [0.15, 0.2) is 0 Å². The van der Waals surface area contributed by atoms with E-state index in [9.17, 15) is 14.4 Å². The van der Waals surface area contributed by atoms with E-state index >= 15 is 0 Å². The van der Waals surface area contributed by atoms with Crippen LogP contribution >= 0.6 is 23.5 Å². The van der Waals surface area contributed by atoms with Crippen LogP contribution in [0.2, 0.25) is 19.6 Å². The molecule has 0 unspecified atom stereocenters. The highest BCUT2D eigenvalue weighted by atomic mass is 32.2. The molecule has 0 spiro atoms. The first-order valence-corrected chi connectivity index (χ1v) is 16.2. The summed E-state index contributed by atoms with van der Waals surface area (Å²) in [6.45, 7) is 5.76. The van der Waals surface area contributed by atoms with Crippen LogP contribution in [-0.4, -0.2) is 74.1 Å². The molecule has 2 atom stereocenters. The second-order valence-electron chi connectivity index (χ2n) is 8.95. The third-order valence-corrected chi connectivity index (χ3v) is 8.35. The first-order valence-electron chi connectivity index (χ1n) is 10.7. The van der Waals surface area contributed by atoms with Gasteiger partial charge in [0, 0.05) is 18.6 Å². The van der Waals surface area contributed by atoms with Gasteiger partial charge in [-0.25, -0.2) is 9.48 Å². The summed E-state index contributed by atoms with van der Waals surface area (Å²) in [4.78, 5) is 40.3. The molecule has 1 aromatic heterocycles.